The van der Waals surface area contributed by atoms with Gasteiger partial charge in [-0.3, -0.25) is 24.8 Å². The fourth-order valence-corrected chi connectivity index (χ4v) is 6.97. The number of nitrogens with zero attached hydrogens (tertiary/aromatic N) is 3. The smallest absolute Gasteiger partial charge is 0.269 e. The van der Waals surface area contributed by atoms with Crippen LogP contribution in [-0.2, 0) is 11.4 Å². The van der Waals surface area contributed by atoms with Crippen molar-refractivity contribution in [3.8, 4) is 5.75 Å². The van der Waals surface area contributed by atoms with Crippen molar-refractivity contribution >= 4 is 50.5 Å². The highest BCUT2D eigenvalue weighted by atomic mass is 79.9. The lowest BCUT2D eigenvalue weighted by atomic mass is 9.94. The van der Waals surface area contributed by atoms with E-state index in [0.717, 1.165) is 51.4 Å². The number of carbonyl (C=O) groups is 1. The van der Waals surface area contributed by atoms with E-state index in [1.807, 2.05) is 29.2 Å². The first-order valence-corrected chi connectivity index (χ1v) is 15.1. The maximum atomic E-state index is 13.6. The van der Waals surface area contributed by atoms with Crippen molar-refractivity contribution in [2.45, 2.75) is 82.9 Å². The van der Waals surface area contributed by atoms with Gasteiger partial charge in [-0.25, -0.2) is 0 Å². The maximum absolute atomic E-state index is 13.6. The molecule has 0 spiro atoms. The molecule has 9 heteroatoms. The fraction of sp³-hybridized carbons (Fsp3) is 0.448. The Hall–Kier alpha value is -2.65. The van der Waals surface area contributed by atoms with Crippen LogP contribution in [0.1, 0.15) is 75.3 Å². The standard InChI is InChI=1S/C29H32BrN3O4S/c30-25-17-21(13-16-26(25)37-19-20-11-14-24(15-12-20)33(35)36)18-27-28(34)32(23-9-5-2-6-10-23)29(38-27)31-22-7-3-1-4-8-22/h11-18,22-23H,1-10,19H2. The number of aliphatic imine (C=N–C) groups is 1. The van der Waals surface area contributed by atoms with E-state index in [0.29, 0.717) is 18.4 Å². The Morgan fingerprint density at radius 1 is 1.03 bits per heavy atom. The average molecular weight is 599 g/mol. The van der Waals surface area contributed by atoms with Crippen LogP contribution >= 0.6 is 27.7 Å². The van der Waals surface area contributed by atoms with Crippen LogP contribution in [-0.4, -0.2) is 33.0 Å². The Balaban J connectivity index is 1.31. The lowest BCUT2D eigenvalue weighted by molar-refractivity contribution is -0.384. The summed E-state index contributed by atoms with van der Waals surface area (Å²) in [5.41, 5.74) is 1.81. The number of nitro groups is 1. The average Bonchev–Trinajstić information content (AvgIpc) is 3.23. The zero-order chi connectivity index (χ0) is 26.5. The van der Waals surface area contributed by atoms with Crippen LogP contribution in [0.4, 0.5) is 5.69 Å². The summed E-state index contributed by atoms with van der Waals surface area (Å²) in [6.45, 7) is 0.294. The van der Waals surface area contributed by atoms with Crippen LogP contribution in [0.2, 0.25) is 0 Å². The Labute approximate surface area is 236 Å². The van der Waals surface area contributed by atoms with E-state index in [4.69, 9.17) is 9.73 Å². The lowest BCUT2D eigenvalue weighted by Gasteiger charge is -2.31. The molecule has 7 nitrogen and oxygen atoms in total. The van der Waals surface area contributed by atoms with Gasteiger partial charge in [-0.2, -0.15) is 0 Å². The zero-order valence-electron chi connectivity index (χ0n) is 21.3. The molecular formula is C29H32BrN3O4S. The van der Waals surface area contributed by atoms with Gasteiger partial charge in [0.05, 0.1) is 20.3 Å². The third-order valence-corrected chi connectivity index (χ3v) is 9.06. The molecule has 2 saturated carbocycles. The Kier molecular flexibility index (Phi) is 8.84. The van der Waals surface area contributed by atoms with Crippen LogP contribution in [0.3, 0.4) is 0 Å². The zero-order valence-corrected chi connectivity index (χ0v) is 23.7. The van der Waals surface area contributed by atoms with E-state index >= 15 is 0 Å². The number of non-ortho nitro benzene ring substituents is 1. The number of hydrogen-bond acceptors (Lipinski definition) is 6. The van der Waals surface area contributed by atoms with Crippen molar-refractivity contribution in [2.24, 2.45) is 4.99 Å². The molecule has 3 fully saturated rings. The molecule has 200 valence electrons. The summed E-state index contributed by atoms with van der Waals surface area (Å²) in [4.78, 5) is 31.9. The molecule has 2 aliphatic carbocycles. The van der Waals surface area contributed by atoms with Crippen molar-refractivity contribution in [3.63, 3.8) is 0 Å². The number of nitro benzene ring substituents is 1. The van der Waals surface area contributed by atoms with Crippen LogP contribution in [0, 0.1) is 10.1 Å². The quantitative estimate of drug-likeness (QED) is 0.184. The Bertz CT molecular complexity index is 1230. The molecule has 2 aromatic carbocycles. The highest BCUT2D eigenvalue weighted by molar-refractivity contribution is 9.10. The molecule has 0 unspecified atom stereocenters. The second kappa shape index (κ2) is 12.5. The van der Waals surface area contributed by atoms with E-state index in [1.54, 1.807) is 12.1 Å². The number of amides is 1. The number of thioether (sulfide) groups is 1. The number of benzene rings is 2. The highest BCUT2D eigenvalue weighted by Gasteiger charge is 2.39. The van der Waals surface area contributed by atoms with Crippen molar-refractivity contribution < 1.29 is 14.5 Å². The summed E-state index contributed by atoms with van der Waals surface area (Å²) in [6.07, 6.45) is 13.6. The van der Waals surface area contributed by atoms with Gasteiger partial charge in [-0.15, -0.1) is 0 Å². The number of hydrogen-bond donors (Lipinski definition) is 0. The second-order valence-corrected chi connectivity index (χ2v) is 12.0. The highest BCUT2D eigenvalue weighted by Crippen LogP contribution is 2.39. The summed E-state index contributed by atoms with van der Waals surface area (Å²) in [5, 5.41) is 11.7. The molecule has 0 atom stereocenters. The molecule has 1 saturated heterocycles. The molecule has 0 radical (unpaired) electrons. The number of ether oxygens (including phenoxy) is 1. The van der Waals surface area contributed by atoms with Gasteiger partial charge in [0.1, 0.15) is 12.4 Å². The molecule has 0 N–H and O–H groups in total. The minimum Gasteiger partial charge on any atom is -0.488 e. The van der Waals surface area contributed by atoms with Crippen molar-refractivity contribution in [1.29, 1.82) is 0 Å². The summed E-state index contributed by atoms with van der Waals surface area (Å²) in [6, 6.07) is 12.7. The molecule has 2 aromatic rings. The summed E-state index contributed by atoms with van der Waals surface area (Å²) in [7, 11) is 0. The molecular weight excluding hydrogens is 566 g/mol. The molecule has 38 heavy (non-hydrogen) atoms. The topological polar surface area (TPSA) is 85.0 Å². The van der Waals surface area contributed by atoms with E-state index in [-0.39, 0.29) is 17.6 Å². The predicted molar refractivity (Wildman–Crippen MR) is 155 cm³/mol. The maximum Gasteiger partial charge on any atom is 0.269 e. The number of halogens is 1. The minimum atomic E-state index is -0.416. The van der Waals surface area contributed by atoms with Gasteiger partial charge in [-0.1, -0.05) is 44.6 Å². The van der Waals surface area contributed by atoms with Gasteiger partial charge < -0.3 is 4.74 Å². The van der Waals surface area contributed by atoms with E-state index in [9.17, 15) is 14.9 Å². The van der Waals surface area contributed by atoms with Crippen LogP contribution < -0.4 is 4.74 Å². The first-order chi connectivity index (χ1) is 18.5. The molecule has 1 amide bonds. The van der Waals surface area contributed by atoms with Crippen molar-refractivity contribution in [3.05, 3.63) is 73.1 Å². The van der Waals surface area contributed by atoms with Crippen LogP contribution in [0.15, 0.2) is 56.8 Å². The summed E-state index contributed by atoms with van der Waals surface area (Å²) in [5.74, 6) is 0.741. The molecule has 1 heterocycles. The SMILES string of the molecule is O=C1C(=Cc2ccc(OCc3ccc([N+](=O)[O-])cc3)c(Br)c2)SC(=NC2CCCCC2)N1C1CCCCC1. The van der Waals surface area contributed by atoms with Gasteiger partial charge in [0.15, 0.2) is 5.17 Å². The third kappa shape index (κ3) is 6.49. The third-order valence-electron chi connectivity index (χ3n) is 7.44. The van der Waals surface area contributed by atoms with E-state index in [1.165, 1.54) is 62.4 Å². The molecule has 0 aromatic heterocycles. The van der Waals surface area contributed by atoms with Gasteiger partial charge in [-0.05, 0) is 94.8 Å². The number of amidine groups is 1. The van der Waals surface area contributed by atoms with E-state index < -0.39 is 4.92 Å². The molecule has 3 aliphatic rings. The first-order valence-electron chi connectivity index (χ1n) is 13.4. The second-order valence-electron chi connectivity index (χ2n) is 10.2. The van der Waals surface area contributed by atoms with Gasteiger partial charge in [0.2, 0.25) is 0 Å². The number of rotatable bonds is 7. The van der Waals surface area contributed by atoms with Crippen molar-refractivity contribution in [2.75, 3.05) is 0 Å². The monoisotopic (exact) mass is 597 g/mol. The summed E-state index contributed by atoms with van der Waals surface area (Å²) < 4.78 is 6.71. The van der Waals surface area contributed by atoms with Gasteiger partial charge >= 0.3 is 0 Å². The molecule has 5 rings (SSSR count). The minimum absolute atomic E-state index is 0.0562. The predicted octanol–water partition coefficient (Wildman–Crippen LogP) is 7.87. The summed E-state index contributed by atoms with van der Waals surface area (Å²) >= 11 is 5.12. The normalized spacial score (nSPS) is 21.4. The Morgan fingerprint density at radius 3 is 2.37 bits per heavy atom. The van der Waals surface area contributed by atoms with Crippen LogP contribution in [0.25, 0.3) is 6.08 Å². The van der Waals surface area contributed by atoms with Gasteiger partial charge in [0.25, 0.3) is 11.6 Å². The molecule has 0 bridgehead atoms. The first kappa shape index (κ1) is 26.9. The number of carbonyl (C=O) groups excluding carboxylic acids is 1. The van der Waals surface area contributed by atoms with E-state index in [2.05, 4.69) is 15.9 Å². The fourth-order valence-electron chi connectivity index (χ4n) is 5.35. The lowest BCUT2D eigenvalue weighted by Crippen LogP contribution is -2.41. The van der Waals surface area contributed by atoms with Crippen LogP contribution in [0.5, 0.6) is 5.75 Å². The van der Waals surface area contributed by atoms with Crippen molar-refractivity contribution in [1.82, 2.24) is 4.90 Å². The largest absolute Gasteiger partial charge is 0.488 e. The van der Waals surface area contributed by atoms with Gasteiger partial charge in [0, 0.05) is 18.2 Å². The molecule has 1 aliphatic heterocycles. The Morgan fingerprint density at radius 2 is 1.71 bits per heavy atom.